The monoisotopic (exact) mass is 299 g/mol. The van der Waals surface area contributed by atoms with Crippen molar-refractivity contribution in [2.75, 3.05) is 6.54 Å². The molecule has 0 radical (unpaired) electrons. The molecular weight excluding hydrogens is 274 g/mol. The van der Waals surface area contributed by atoms with E-state index in [-0.39, 0.29) is 16.9 Å². The van der Waals surface area contributed by atoms with E-state index in [1.54, 1.807) is 12.1 Å². The molecule has 0 fully saturated rings. The summed E-state index contributed by atoms with van der Waals surface area (Å²) in [4.78, 5) is 0.248. The largest absolute Gasteiger partial charge is 0.392 e. The van der Waals surface area contributed by atoms with Gasteiger partial charge in [-0.2, -0.15) is 0 Å². The van der Waals surface area contributed by atoms with E-state index in [9.17, 15) is 13.5 Å². The first-order valence-corrected chi connectivity index (χ1v) is 8.24. The Hall–Kier alpha value is -0.910. The molecule has 0 amide bonds. The molecule has 1 aromatic rings. The van der Waals surface area contributed by atoms with Crippen LogP contribution in [0.25, 0.3) is 0 Å². The first-order valence-electron chi connectivity index (χ1n) is 6.76. The van der Waals surface area contributed by atoms with Crippen molar-refractivity contribution in [3.05, 3.63) is 29.3 Å². The fourth-order valence-corrected chi connectivity index (χ4v) is 3.42. The summed E-state index contributed by atoms with van der Waals surface area (Å²) in [6.45, 7) is 9.78. The molecule has 114 valence electrons. The van der Waals surface area contributed by atoms with E-state index in [2.05, 4.69) is 4.72 Å². The minimum Gasteiger partial charge on any atom is -0.392 e. The Morgan fingerprint density at radius 1 is 1.15 bits per heavy atom. The summed E-state index contributed by atoms with van der Waals surface area (Å²) in [5.74, 6) is 0. The second kappa shape index (κ2) is 6.24. The van der Waals surface area contributed by atoms with Crippen LogP contribution in [0.4, 0.5) is 0 Å². The summed E-state index contributed by atoms with van der Waals surface area (Å²) >= 11 is 0. The Morgan fingerprint density at radius 2 is 1.65 bits per heavy atom. The van der Waals surface area contributed by atoms with Crippen LogP contribution in [0.2, 0.25) is 0 Å². The third-order valence-electron chi connectivity index (χ3n) is 2.86. The van der Waals surface area contributed by atoms with Crippen molar-refractivity contribution in [1.29, 1.82) is 0 Å². The van der Waals surface area contributed by atoms with Gasteiger partial charge in [-0.3, -0.25) is 0 Å². The number of rotatable bonds is 5. The molecule has 0 heterocycles. The minimum atomic E-state index is -3.57. The van der Waals surface area contributed by atoms with Gasteiger partial charge in [-0.15, -0.1) is 0 Å². The maximum absolute atomic E-state index is 12.2. The van der Waals surface area contributed by atoms with Crippen LogP contribution in [-0.4, -0.2) is 26.2 Å². The average Bonchev–Trinajstić information content (AvgIpc) is 2.23. The molecule has 2 N–H and O–H groups in total. The van der Waals surface area contributed by atoms with Gasteiger partial charge in [-0.1, -0.05) is 26.8 Å². The van der Waals surface area contributed by atoms with Gasteiger partial charge in [0.25, 0.3) is 0 Å². The smallest absolute Gasteiger partial charge is 0.240 e. The van der Waals surface area contributed by atoms with Crippen molar-refractivity contribution in [3.63, 3.8) is 0 Å². The predicted octanol–water partition coefficient (Wildman–Crippen LogP) is 2.38. The molecule has 20 heavy (non-hydrogen) atoms. The Labute approximate surface area is 122 Å². The van der Waals surface area contributed by atoms with Crippen molar-refractivity contribution in [3.8, 4) is 0 Å². The van der Waals surface area contributed by atoms with Crippen molar-refractivity contribution in [2.24, 2.45) is 5.41 Å². The van der Waals surface area contributed by atoms with Crippen molar-refractivity contribution in [1.82, 2.24) is 4.72 Å². The summed E-state index contributed by atoms with van der Waals surface area (Å²) in [7, 11) is -3.57. The molecule has 1 rings (SSSR count). The Morgan fingerprint density at radius 3 is 2.10 bits per heavy atom. The van der Waals surface area contributed by atoms with E-state index in [0.29, 0.717) is 6.42 Å². The zero-order chi connectivity index (χ0) is 15.6. The third-order valence-corrected chi connectivity index (χ3v) is 4.27. The highest BCUT2D eigenvalue weighted by atomic mass is 32.2. The Kier molecular flexibility index (Phi) is 5.35. The second-order valence-corrected chi connectivity index (χ2v) is 8.36. The van der Waals surface area contributed by atoms with Crippen LogP contribution in [0.15, 0.2) is 23.1 Å². The summed E-state index contributed by atoms with van der Waals surface area (Å²) in [5, 5.41) is 9.88. The van der Waals surface area contributed by atoms with Gasteiger partial charge in [0.15, 0.2) is 0 Å². The average molecular weight is 299 g/mol. The highest BCUT2D eigenvalue weighted by molar-refractivity contribution is 7.89. The molecule has 0 aromatic heterocycles. The van der Waals surface area contributed by atoms with Gasteiger partial charge in [-0.05, 0) is 48.9 Å². The lowest BCUT2D eigenvalue weighted by molar-refractivity contribution is 0.125. The first-order chi connectivity index (χ1) is 8.99. The molecule has 5 heteroatoms. The van der Waals surface area contributed by atoms with Crippen LogP contribution >= 0.6 is 0 Å². The second-order valence-electron chi connectivity index (χ2n) is 6.59. The van der Waals surface area contributed by atoms with Gasteiger partial charge in [0.1, 0.15) is 0 Å². The molecule has 0 aliphatic carbocycles. The van der Waals surface area contributed by atoms with E-state index in [1.165, 1.54) is 0 Å². The quantitative estimate of drug-likeness (QED) is 0.877. The van der Waals surface area contributed by atoms with Crippen molar-refractivity contribution >= 4 is 10.0 Å². The highest BCUT2D eigenvalue weighted by Crippen LogP contribution is 2.21. The van der Waals surface area contributed by atoms with E-state index in [0.717, 1.165) is 11.1 Å². The highest BCUT2D eigenvalue weighted by Gasteiger charge is 2.20. The third kappa shape index (κ3) is 5.61. The fourth-order valence-electron chi connectivity index (χ4n) is 2.16. The minimum absolute atomic E-state index is 0.0343. The molecule has 0 aliphatic rings. The van der Waals surface area contributed by atoms with E-state index in [4.69, 9.17) is 0 Å². The van der Waals surface area contributed by atoms with Gasteiger partial charge < -0.3 is 5.11 Å². The van der Waals surface area contributed by atoms with Gasteiger partial charge in [0, 0.05) is 6.54 Å². The SMILES string of the molecule is Cc1cc(C)cc(S(=O)(=O)NCC(O)CC(C)(C)C)c1. The maximum Gasteiger partial charge on any atom is 0.240 e. The van der Waals surface area contributed by atoms with Gasteiger partial charge in [0.2, 0.25) is 10.0 Å². The lowest BCUT2D eigenvalue weighted by atomic mass is 9.89. The number of benzene rings is 1. The predicted molar refractivity (Wildman–Crippen MR) is 81.2 cm³/mol. The first kappa shape index (κ1) is 17.1. The van der Waals surface area contributed by atoms with Crippen LogP contribution in [0, 0.1) is 19.3 Å². The van der Waals surface area contributed by atoms with Crippen LogP contribution < -0.4 is 4.72 Å². The number of hydrogen-bond acceptors (Lipinski definition) is 3. The number of sulfonamides is 1. The van der Waals surface area contributed by atoms with E-state index >= 15 is 0 Å². The molecular formula is C15H25NO3S. The van der Waals surface area contributed by atoms with Crippen molar-refractivity contribution in [2.45, 2.75) is 52.0 Å². The Bertz CT molecular complexity index is 539. The molecule has 1 unspecified atom stereocenters. The van der Waals surface area contributed by atoms with Crippen LogP contribution in [0.3, 0.4) is 0 Å². The van der Waals surface area contributed by atoms with Crippen molar-refractivity contribution < 1.29 is 13.5 Å². The molecule has 1 aromatic carbocycles. The van der Waals surface area contributed by atoms with Crippen LogP contribution in [-0.2, 0) is 10.0 Å². The molecule has 0 bridgehead atoms. The lowest BCUT2D eigenvalue weighted by Crippen LogP contribution is -2.34. The van der Waals surface area contributed by atoms with E-state index in [1.807, 2.05) is 40.7 Å². The number of hydrogen-bond donors (Lipinski definition) is 2. The summed E-state index contributed by atoms with van der Waals surface area (Å²) < 4.78 is 26.8. The van der Waals surface area contributed by atoms with Gasteiger partial charge in [-0.25, -0.2) is 13.1 Å². The topological polar surface area (TPSA) is 66.4 Å². The van der Waals surface area contributed by atoms with Crippen LogP contribution in [0.5, 0.6) is 0 Å². The zero-order valence-electron chi connectivity index (χ0n) is 12.9. The molecule has 0 saturated carbocycles. The maximum atomic E-state index is 12.2. The normalized spacial score (nSPS) is 14.3. The summed E-state index contributed by atoms with van der Waals surface area (Å²) in [6, 6.07) is 5.18. The fraction of sp³-hybridized carbons (Fsp3) is 0.600. The van der Waals surface area contributed by atoms with Crippen LogP contribution in [0.1, 0.15) is 38.3 Å². The molecule has 0 aliphatic heterocycles. The molecule has 1 atom stereocenters. The number of nitrogens with one attached hydrogen (secondary N) is 1. The van der Waals surface area contributed by atoms with Gasteiger partial charge in [0.05, 0.1) is 11.0 Å². The standard InChI is InChI=1S/C15H25NO3S/c1-11-6-12(2)8-14(7-11)20(18,19)16-10-13(17)9-15(3,4)5/h6-8,13,16-17H,9-10H2,1-5H3. The number of aliphatic hydroxyl groups excluding tert-OH is 1. The number of aliphatic hydroxyl groups is 1. The summed E-state index contributed by atoms with van der Waals surface area (Å²) in [6.07, 6.45) is -0.141. The lowest BCUT2D eigenvalue weighted by Gasteiger charge is -2.22. The molecule has 0 spiro atoms. The van der Waals surface area contributed by atoms with E-state index < -0.39 is 16.1 Å². The molecule has 4 nitrogen and oxygen atoms in total. The summed E-state index contributed by atoms with van der Waals surface area (Å²) in [5.41, 5.74) is 1.77. The van der Waals surface area contributed by atoms with Gasteiger partial charge >= 0.3 is 0 Å². The number of aryl methyl sites for hydroxylation is 2. The zero-order valence-corrected chi connectivity index (χ0v) is 13.7. The molecule has 0 saturated heterocycles. The Balaban J connectivity index is 2.75.